The number of hydrogen-bond donors (Lipinski definition) is 2. The van der Waals surface area contributed by atoms with Gasteiger partial charge in [0.1, 0.15) is 18.5 Å². The van der Waals surface area contributed by atoms with Crippen LogP contribution in [0.25, 0.3) is 0 Å². The number of aliphatic hydroxyl groups is 1. The molecule has 0 bridgehead atoms. The first kappa shape index (κ1) is 16.3. The second-order valence-electron chi connectivity index (χ2n) is 6.05. The van der Waals surface area contributed by atoms with Crippen LogP contribution in [0.15, 0.2) is 54.6 Å². The van der Waals surface area contributed by atoms with Crippen LogP contribution in [-0.4, -0.2) is 24.4 Å². The number of hydrogen-bond acceptors (Lipinski definition) is 3. The maximum absolute atomic E-state index is 10.1. The Morgan fingerprint density at radius 1 is 1.09 bits per heavy atom. The lowest BCUT2D eigenvalue weighted by Crippen LogP contribution is -2.34. The van der Waals surface area contributed by atoms with Gasteiger partial charge in [0.2, 0.25) is 0 Å². The summed E-state index contributed by atoms with van der Waals surface area (Å²) in [4.78, 5) is 0. The summed E-state index contributed by atoms with van der Waals surface area (Å²) in [6.45, 7) is 0.797. The Kier molecular flexibility index (Phi) is 5.55. The Balaban J connectivity index is 1.49. The highest BCUT2D eigenvalue weighted by atomic mass is 35.5. The van der Waals surface area contributed by atoms with Crippen LogP contribution in [0.5, 0.6) is 5.75 Å². The van der Waals surface area contributed by atoms with Crippen LogP contribution >= 0.6 is 11.6 Å². The molecule has 0 amide bonds. The van der Waals surface area contributed by atoms with E-state index < -0.39 is 6.10 Å². The van der Waals surface area contributed by atoms with Crippen molar-refractivity contribution in [1.82, 2.24) is 5.32 Å². The molecular weight excluding hydrogens is 310 g/mol. The number of nitrogens with one attached hydrogen (secondary N) is 1. The highest BCUT2D eigenvalue weighted by Crippen LogP contribution is 2.41. The molecule has 3 nitrogen and oxygen atoms in total. The molecule has 2 unspecified atom stereocenters. The highest BCUT2D eigenvalue weighted by molar-refractivity contribution is 6.30. The summed E-state index contributed by atoms with van der Waals surface area (Å²) in [5.41, 5.74) is 1.23. The molecule has 0 heterocycles. The van der Waals surface area contributed by atoms with Gasteiger partial charge in [-0.05, 0) is 48.6 Å². The summed E-state index contributed by atoms with van der Waals surface area (Å²) in [5.74, 6) is 1.43. The lowest BCUT2D eigenvalue weighted by molar-refractivity contribution is 0.103. The van der Waals surface area contributed by atoms with Crippen molar-refractivity contribution in [3.8, 4) is 5.75 Å². The van der Waals surface area contributed by atoms with E-state index in [9.17, 15) is 5.11 Å². The second-order valence-corrected chi connectivity index (χ2v) is 6.49. The van der Waals surface area contributed by atoms with Crippen LogP contribution < -0.4 is 10.1 Å². The minimum absolute atomic E-state index is 0.277. The van der Waals surface area contributed by atoms with Crippen molar-refractivity contribution in [3.05, 3.63) is 65.2 Å². The smallest absolute Gasteiger partial charge is 0.119 e. The van der Waals surface area contributed by atoms with E-state index in [1.807, 2.05) is 42.5 Å². The van der Waals surface area contributed by atoms with Crippen molar-refractivity contribution in [2.24, 2.45) is 5.92 Å². The third-order valence-electron chi connectivity index (χ3n) is 4.08. The predicted octanol–water partition coefficient (Wildman–Crippen LogP) is 3.82. The Bertz CT molecular complexity index is 599. The molecule has 1 fully saturated rings. The number of ether oxygens (including phenoxy) is 1. The van der Waals surface area contributed by atoms with Crippen LogP contribution in [0.3, 0.4) is 0 Å². The van der Waals surface area contributed by atoms with Gasteiger partial charge in [-0.2, -0.15) is 0 Å². The van der Waals surface area contributed by atoms with Crippen molar-refractivity contribution >= 4 is 11.6 Å². The van der Waals surface area contributed by atoms with E-state index in [0.29, 0.717) is 12.5 Å². The normalized spacial score (nSPS) is 16.8. The van der Waals surface area contributed by atoms with Crippen molar-refractivity contribution in [2.75, 3.05) is 13.2 Å². The molecule has 4 heteroatoms. The van der Waals surface area contributed by atoms with E-state index in [-0.39, 0.29) is 12.6 Å². The third kappa shape index (κ3) is 4.96. The number of halogens is 1. The minimum atomic E-state index is -0.538. The average Bonchev–Trinajstić information content (AvgIpc) is 3.41. The van der Waals surface area contributed by atoms with Crippen LogP contribution in [0.2, 0.25) is 5.02 Å². The van der Waals surface area contributed by atoms with Gasteiger partial charge < -0.3 is 15.2 Å². The van der Waals surface area contributed by atoms with E-state index in [1.54, 1.807) is 0 Å². The molecule has 2 atom stereocenters. The van der Waals surface area contributed by atoms with E-state index in [0.717, 1.165) is 10.8 Å². The van der Waals surface area contributed by atoms with Crippen LogP contribution in [0.4, 0.5) is 0 Å². The van der Waals surface area contributed by atoms with Gasteiger partial charge in [-0.15, -0.1) is 0 Å². The van der Waals surface area contributed by atoms with E-state index in [4.69, 9.17) is 16.3 Å². The Hall–Kier alpha value is -1.55. The van der Waals surface area contributed by atoms with Crippen LogP contribution in [-0.2, 0) is 0 Å². The quantitative estimate of drug-likeness (QED) is 0.772. The summed E-state index contributed by atoms with van der Waals surface area (Å²) in [5, 5.41) is 14.4. The average molecular weight is 332 g/mol. The molecule has 0 radical (unpaired) electrons. The van der Waals surface area contributed by atoms with Crippen molar-refractivity contribution in [1.29, 1.82) is 0 Å². The van der Waals surface area contributed by atoms with Crippen molar-refractivity contribution < 1.29 is 9.84 Å². The Morgan fingerprint density at radius 3 is 2.43 bits per heavy atom. The van der Waals surface area contributed by atoms with Gasteiger partial charge in [-0.3, -0.25) is 0 Å². The number of benzene rings is 2. The fraction of sp³-hybridized carbons (Fsp3) is 0.368. The first-order valence-electron chi connectivity index (χ1n) is 8.07. The van der Waals surface area contributed by atoms with E-state index in [2.05, 4.69) is 17.4 Å². The summed E-state index contributed by atoms with van der Waals surface area (Å²) >= 11 is 5.96. The van der Waals surface area contributed by atoms with Gasteiger partial charge in [0, 0.05) is 17.6 Å². The summed E-state index contributed by atoms with van der Waals surface area (Å²) in [6.07, 6.45) is 1.93. The van der Waals surface area contributed by atoms with Gasteiger partial charge >= 0.3 is 0 Å². The predicted molar refractivity (Wildman–Crippen MR) is 92.9 cm³/mol. The lowest BCUT2D eigenvalue weighted by Gasteiger charge is -2.21. The molecule has 2 aromatic carbocycles. The fourth-order valence-electron chi connectivity index (χ4n) is 2.69. The first-order valence-corrected chi connectivity index (χ1v) is 8.45. The Morgan fingerprint density at radius 2 is 1.78 bits per heavy atom. The SMILES string of the molecule is OC(CNC(c1ccc(Cl)cc1)C1CC1)COc1ccccc1. The molecule has 3 rings (SSSR count). The molecule has 122 valence electrons. The maximum Gasteiger partial charge on any atom is 0.119 e. The molecule has 2 aromatic rings. The first-order chi connectivity index (χ1) is 11.2. The summed E-state index contributed by atoms with van der Waals surface area (Å²) < 4.78 is 5.59. The fourth-order valence-corrected chi connectivity index (χ4v) is 2.81. The molecule has 2 N–H and O–H groups in total. The zero-order chi connectivity index (χ0) is 16.1. The summed E-state index contributed by atoms with van der Waals surface area (Å²) in [7, 11) is 0. The maximum atomic E-state index is 10.1. The van der Waals surface area contributed by atoms with Gasteiger partial charge in [0.05, 0.1) is 0 Å². The third-order valence-corrected chi connectivity index (χ3v) is 4.33. The van der Waals surface area contributed by atoms with Gasteiger partial charge in [-0.1, -0.05) is 41.9 Å². The summed E-state index contributed by atoms with van der Waals surface area (Å²) in [6, 6.07) is 17.8. The number of aliphatic hydroxyl groups excluding tert-OH is 1. The molecule has 23 heavy (non-hydrogen) atoms. The lowest BCUT2D eigenvalue weighted by atomic mass is 10.0. The van der Waals surface area contributed by atoms with Gasteiger partial charge in [0.15, 0.2) is 0 Å². The van der Waals surface area contributed by atoms with Crippen LogP contribution in [0.1, 0.15) is 24.4 Å². The molecule has 0 aromatic heterocycles. The highest BCUT2D eigenvalue weighted by Gasteiger charge is 2.32. The topological polar surface area (TPSA) is 41.5 Å². The van der Waals surface area contributed by atoms with Gasteiger partial charge in [0.25, 0.3) is 0 Å². The van der Waals surface area contributed by atoms with Gasteiger partial charge in [-0.25, -0.2) is 0 Å². The Labute approximate surface area is 142 Å². The number of rotatable bonds is 8. The molecule has 1 aliphatic carbocycles. The van der Waals surface area contributed by atoms with Crippen molar-refractivity contribution in [2.45, 2.75) is 25.0 Å². The zero-order valence-electron chi connectivity index (χ0n) is 13.0. The molecule has 0 spiro atoms. The van der Waals surface area contributed by atoms with Crippen LogP contribution in [0, 0.1) is 5.92 Å². The standard InChI is InChI=1S/C19H22ClNO2/c20-16-10-8-15(9-11-16)19(14-6-7-14)21-12-17(22)13-23-18-4-2-1-3-5-18/h1-5,8-11,14,17,19,21-22H,6-7,12-13H2. The van der Waals surface area contributed by atoms with E-state index in [1.165, 1.54) is 18.4 Å². The molecule has 1 aliphatic rings. The monoisotopic (exact) mass is 331 g/mol. The molecule has 1 saturated carbocycles. The minimum Gasteiger partial charge on any atom is -0.491 e. The van der Waals surface area contributed by atoms with E-state index >= 15 is 0 Å². The zero-order valence-corrected chi connectivity index (χ0v) is 13.7. The molecule has 0 saturated heterocycles. The second kappa shape index (κ2) is 7.82. The number of para-hydroxylation sites is 1. The molecule has 0 aliphatic heterocycles. The molecular formula is C19H22ClNO2. The largest absolute Gasteiger partial charge is 0.491 e. The van der Waals surface area contributed by atoms with Crippen molar-refractivity contribution in [3.63, 3.8) is 0 Å².